The number of carbonyl (C=O) groups excluding carboxylic acids is 2. The summed E-state index contributed by atoms with van der Waals surface area (Å²) in [5.74, 6) is 0.759. The zero-order valence-electron chi connectivity index (χ0n) is 20.0. The third-order valence-corrected chi connectivity index (χ3v) is 6.84. The Hall–Kier alpha value is -2.70. The standard InChI is InChI=1S/C27H34N2O4/c1-18(2)16-23(29(3)17-19-8-10-20(32-4)11-9-19)25(30)21-6-5-7-22-24(21)26(31)33-27(22)12-14-28-15-13-27/h5-11,18,23,28H,12-17H2,1-4H3. The van der Waals surface area contributed by atoms with E-state index in [9.17, 15) is 9.59 Å². The van der Waals surface area contributed by atoms with Gasteiger partial charge < -0.3 is 14.8 Å². The summed E-state index contributed by atoms with van der Waals surface area (Å²) in [4.78, 5) is 29.0. The van der Waals surface area contributed by atoms with Crippen molar-refractivity contribution < 1.29 is 19.1 Å². The van der Waals surface area contributed by atoms with E-state index in [0.717, 1.165) is 42.8 Å². The molecule has 2 heterocycles. The molecule has 0 saturated carbocycles. The highest BCUT2D eigenvalue weighted by Crippen LogP contribution is 2.44. The Morgan fingerprint density at radius 2 is 1.85 bits per heavy atom. The van der Waals surface area contributed by atoms with Crippen molar-refractivity contribution in [3.63, 3.8) is 0 Å². The first kappa shape index (κ1) is 23.5. The minimum absolute atomic E-state index is 0.0144. The highest BCUT2D eigenvalue weighted by Gasteiger charge is 2.48. The number of esters is 1. The van der Waals surface area contributed by atoms with Gasteiger partial charge in [-0.25, -0.2) is 4.79 Å². The molecule has 6 nitrogen and oxygen atoms in total. The molecule has 6 heteroatoms. The number of rotatable bonds is 8. The summed E-state index contributed by atoms with van der Waals surface area (Å²) in [5, 5.41) is 3.33. The number of nitrogens with one attached hydrogen (secondary N) is 1. The monoisotopic (exact) mass is 450 g/mol. The third-order valence-electron chi connectivity index (χ3n) is 6.84. The van der Waals surface area contributed by atoms with Crippen molar-refractivity contribution in [3.05, 3.63) is 64.7 Å². The van der Waals surface area contributed by atoms with Crippen LogP contribution in [0.4, 0.5) is 0 Å². The van der Waals surface area contributed by atoms with Crippen molar-refractivity contribution >= 4 is 11.8 Å². The largest absolute Gasteiger partial charge is 0.497 e. The second kappa shape index (κ2) is 9.65. The second-order valence-electron chi connectivity index (χ2n) is 9.63. The summed E-state index contributed by atoms with van der Waals surface area (Å²) in [7, 11) is 3.63. The Morgan fingerprint density at radius 1 is 1.15 bits per heavy atom. The van der Waals surface area contributed by atoms with Gasteiger partial charge in [0, 0.05) is 30.5 Å². The fourth-order valence-electron chi connectivity index (χ4n) is 5.08. The molecule has 0 aliphatic carbocycles. The molecule has 0 bridgehead atoms. The number of hydrogen-bond acceptors (Lipinski definition) is 6. The lowest BCUT2D eigenvalue weighted by Gasteiger charge is -2.33. The molecule has 0 amide bonds. The maximum absolute atomic E-state index is 13.9. The first-order valence-corrected chi connectivity index (χ1v) is 11.8. The van der Waals surface area contributed by atoms with Crippen molar-refractivity contribution in [2.45, 2.75) is 51.3 Å². The Balaban J connectivity index is 1.64. The number of benzene rings is 2. The molecule has 1 unspecified atom stereocenters. The van der Waals surface area contributed by atoms with Gasteiger partial charge in [-0.1, -0.05) is 44.2 Å². The molecule has 0 radical (unpaired) electrons. The first-order chi connectivity index (χ1) is 15.8. The molecule has 1 fully saturated rings. The predicted molar refractivity (Wildman–Crippen MR) is 128 cm³/mol. The fourth-order valence-corrected chi connectivity index (χ4v) is 5.08. The zero-order chi connectivity index (χ0) is 23.6. The van der Waals surface area contributed by atoms with Gasteiger partial charge in [0.15, 0.2) is 5.78 Å². The van der Waals surface area contributed by atoms with Crippen molar-refractivity contribution in [2.24, 2.45) is 5.92 Å². The molecule has 4 rings (SSSR count). The van der Waals surface area contributed by atoms with Crippen LogP contribution in [-0.2, 0) is 16.9 Å². The van der Waals surface area contributed by atoms with Gasteiger partial charge in [0.05, 0.1) is 18.7 Å². The average molecular weight is 451 g/mol. The van der Waals surface area contributed by atoms with Crippen molar-refractivity contribution in [1.29, 1.82) is 0 Å². The van der Waals surface area contributed by atoms with Crippen molar-refractivity contribution in [3.8, 4) is 5.75 Å². The number of ether oxygens (including phenoxy) is 2. The maximum Gasteiger partial charge on any atom is 0.340 e. The molecule has 2 aliphatic heterocycles. The van der Waals surface area contributed by atoms with Crippen LogP contribution in [0.1, 0.15) is 65.0 Å². The molecule has 0 aromatic heterocycles. The number of Topliss-reactive ketones (excluding diaryl/α,β-unsaturated/α-hetero) is 1. The van der Waals surface area contributed by atoms with E-state index in [1.165, 1.54) is 0 Å². The lowest BCUT2D eigenvalue weighted by Crippen LogP contribution is -2.40. The Kier molecular flexibility index (Phi) is 6.86. The second-order valence-corrected chi connectivity index (χ2v) is 9.63. The van der Waals surface area contributed by atoms with Gasteiger partial charge >= 0.3 is 5.97 Å². The van der Waals surface area contributed by atoms with Crippen LogP contribution >= 0.6 is 0 Å². The van der Waals surface area contributed by atoms with E-state index in [0.29, 0.717) is 30.0 Å². The van der Waals surface area contributed by atoms with Crippen molar-refractivity contribution in [1.82, 2.24) is 10.2 Å². The van der Waals surface area contributed by atoms with Gasteiger partial charge in [-0.15, -0.1) is 0 Å². The van der Waals surface area contributed by atoms with Crippen LogP contribution in [-0.4, -0.2) is 49.9 Å². The van der Waals surface area contributed by atoms with Crippen molar-refractivity contribution in [2.75, 3.05) is 27.2 Å². The molecule has 1 atom stereocenters. The molecular formula is C27H34N2O4. The SMILES string of the molecule is COc1ccc(CN(C)C(CC(C)C)C(=O)c2cccc3c2C(=O)OC32CCNCC2)cc1. The Morgan fingerprint density at radius 3 is 2.48 bits per heavy atom. The van der Waals surface area contributed by atoms with Gasteiger partial charge in [-0.2, -0.15) is 0 Å². The van der Waals surface area contributed by atoms with E-state index in [4.69, 9.17) is 9.47 Å². The number of methoxy groups -OCH3 is 1. The Bertz CT molecular complexity index is 1010. The number of nitrogens with zero attached hydrogens (tertiary/aromatic N) is 1. The Labute approximate surface area is 196 Å². The molecule has 2 aromatic rings. The molecule has 1 saturated heterocycles. The summed E-state index contributed by atoms with van der Waals surface area (Å²) in [6.07, 6.45) is 2.17. The van der Waals surface area contributed by atoms with Crippen LogP contribution in [0.15, 0.2) is 42.5 Å². The average Bonchev–Trinajstić information content (AvgIpc) is 3.08. The zero-order valence-corrected chi connectivity index (χ0v) is 20.0. The highest BCUT2D eigenvalue weighted by atomic mass is 16.6. The summed E-state index contributed by atoms with van der Waals surface area (Å²) in [5.41, 5.74) is 2.33. The summed E-state index contributed by atoms with van der Waals surface area (Å²) < 4.78 is 11.2. The smallest absolute Gasteiger partial charge is 0.340 e. The van der Waals surface area contributed by atoms with E-state index >= 15 is 0 Å². The topological polar surface area (TPSA) is 67.9 Å². The molecule has 33 heavy (non-hydrogen) atoms. The highest BCUT2D eigenvalue weighted by molar-refractivity contribution is 6.10. The van der Waals surface area contributed by atoms with E-state index in [1.54, 1.807) is 13.2 Å². The van der Waals surface area contributed by atoms with Gasteiger partial charge in [-0.3, -0.25) is 9.69 Å². The van der Waals surface area contributed by atoms with Gasteiger partial charge in [0.2, 0.25) is 0 Å². The van der Waals surface area contributed by atoms with Gasteiger partial charge in [0.25, 0.3) is 0 Å². The lowest BCUT2D eigenvalue weighted by atomic mass is 9.82. The minimum Gasteiger partial charge on any atom is -0.497 e. The molecule has 1 spiro atoms. The molecule has 176 valence electrons. The predicted octanol–water partition coefficient (Wildman–Crippen LogP) is 4.17. The van der Waals surface area contributed by atoms with Gasteiger partial charge in [-0.05, 0) is 50.2 Å². The van der Waals surface area contributed by atoms with E-state index in [-0.39, 0.29) is 17.8 Å². The van der Waals surface area contributed by atoms with Gasteiger partial charge in [0.1, 0.15) is 11.4 Å². The first-order valence-electron chi connectivity index (χ1n) is 11.8. The lowest BCUT2D eigenvalue weighted by molar-refractivity contribution is -0.0242. The molecule has 2 aliphatic rings. The van der Waals surface area contributed by atoms with Crippen LogP contribution in [0.2, 0.25) is 0 Å². The number of hydrogen-bond donors (Lipinski definition) is 1. The summed E-state index contributed by atoms with van der Waals surface area (Å²) >= 11 is 0. The normalized spacial score (nSPS) is 17.8. The number of carbonyl (C=O) groups is 2. The van der Waals surface area contributed by atoms with Crippen LogP contribution < -0.4 is 10.1 Å². The summed E-state index contributed by atoms with van der Waals surface area (Å²) in [6.45, 7) is 6.46. The van der Waals surface area contributed by atoms with E-state index in [2.05, 4.69) is 24.1 Å². The number of piperidine rings is 1. The van der Waals surface area contributed by atoms with Crippen LogP contribution in [0.25, 0.3) is 0 Å². The number of likely N-dealkylation sites (N-methyl/N-ethyl adjacent to an activating group) is 1. The maximum atomic E-state index is 13.9. The molecule has 2 aromatic carbocycles. The molecular weight excluding hydrogens is 416 g/mol. The summed E-state index contributed by atoms with van der Waals surface area (Å²) in [6, 6.07) is 13.2. The van der Waals surface area contributed by atoms with Crippen LogP contribution in [0.5, 0.6) is 5.75 Å². The quantitative estimate of drug-likeness (QED) is 0.481. The van der Waals surface area contributed by atoms with E-state index in [1.807, 2.05) is 43.4 Å². The molecule has 1 N–H and O–H groups in total. The fraction of sp³-hybridized carbons (Fsp3) is 0.481. The third kappa shape index (κ3) is 4.68. The minimum atomic E-state index is -0.601. The van der Waals surface area contributed by atoms with Crippen LogP contribution in [0.3, 0.4) is 0 Å². The number of ketones is 1. The van der Waals surface area contributed by atoms with Crippen LogP contribution in [0, 0.1) is 5.92 Å². The van der Waals surface area contributed by atoms with E-state index < -0.39 is 5.60 Å². The number of fused-ring (bicyclic) bond motifs is 2.